The van der Waals surface area contributed by atoms with Crippen molar-refractivity contribution in [1.82, 2.24) is 4.31 Å². The van der Waals surface area contributed by atoms with E-state index in [4.69, 9.17) is 18.0 Å². The minimum Gasteiger partial charge on any atom is -0.469 e. The summed E-state index contributed by atoms with van der Waals surface area (Å²) in [7, 11) is -1.05. The molecule has 1 unspecified atom stereocenters. The lowest BCUT2D eigenvalue weighted by atomic mass is 10.2. The summed E-state index contributed by atoms with van der Waals surface area (Å²) in [5.41, 5.74) is 5.98. The average Bonchev–Trinajstić information content (AvgIpc) is 2.46. The van der Waals surface area contributed by atoms with Crippen LogP contribution in [0.5, 0.6) is 0 Å². The van der Waals surface area contributed by atoms with Crippen molar-refractivity contribution in [3.8, 4) is 0 Å². The summed E-state index contributed by atoms with van der Waals surface area (Å²) in [6, 6.07) is 6.07. The molecule has 6 nitrogen and oxygen atoms in total. The van der Waals surface area contributed by atoms with Gasteiger partial charge in [0.05, 0.1) is 17.9 Å². The summed E-state index contributed by atoms with van der Waals surface area (Å²) in [5.74, 6) is -1.03. The van der Waals surface area contributed by atoms with E-state index in [9.17, 15) is 13.2 Å². The largest absolute Gasteiger partial charge is 0.469 e. The number of methoxy groups -OCH3 is 1. The Kier molecular flexibility index (Phi) is 5.82. The molecule has 1 aromatic rings. The molecule has 0 aliphatic carbocycles. The van der Waals surface area contributed by atoms with Crippen molar-refractivity contribution in [1.29, 1.82) is 0 Å². The van der Waals surface area contributed by atoms with E-state index in [1.165, 1.54) is 26.3 Å². The van der Waals surface area contributed by atoms with Gasteiger partial charge in [-0.05, 0) is 12.1 Å². The number of thiocarbonyl (C=S) groups is 1. The molecular formula is C13H18N2O4S2. The molecule has 1 rings (SSSR count). The summed E-state index contributed by atoms with van der Waals surface area (Å²) in [6.45, 7) is 1.62. The van der Waals surface area contributed by atoms with E-state index < -0.39 is 21.9 Å². The van der Waals surface area contributed by atoms with Gasteiger partial charge in [-0.15, -0.1) is 0 Å². The van der Waals surface area contributed by atoms with Crippen molar-refractivity contribution < 1.29 is 17.9 Å². The van der Waals surface area contributed by atoms with Gasteiger partial charge >= 0.3 is 5.97 Å². The van der Waals surface area contributed by atoms with E-state index in [0.29, 0.717) is 5.56 Å². The lowest BCUT2D eigenvalue weighted by Gasteiger charge is -2.20. The van der Waals surface area contributed by atoms with Crippen molar-refractivity contribution in [3.63, 3.8) is 0 Å². The molecule has 1 atom stereocenters. The van der Waals surface area contributed by atoms with E-state index in [1.54, 1.807) is 19.1 Å². The molecule has 0 fully saturated rings. The molecule has 0 spiro atoms. The number of nitrogens with zero attached hydrogens (tertiary/aromatic N) is 1. The number of benzene rings is 1. The fourth-order valence-corrected chi connectivity index (χ4v) is 3.18. The van der Waals surface area contributed by atoms with Crippen molar-refractivity contribution in [3.05, 3.63) is 29.8 Å². The van der Waals surface area contributed by atoms with Crippen LogP contribution in [0.3, 0.4) is 0 Å². The Morgan fingerprint density at radius 2 is 2.10 bits per heavy atom. The van der Waals surface area contributed by atoms with Crippen LogP contribution in [0.15, 0.2) is 29.2 Å². The molecule has 0 saturated heterocycles. The zero-order valence-corrected chi connectivity index (χ0v) is 13.7. The first-order valence-electron chi connectivity index (χ1n) is 6.14. The Labute approximate surface area is 129 Å². The first-order valence-corrected chi connectivity index (χ1v) is 7.99. The summed E-state index contributed by atoms with van der Waals surface area (Å²) in [6.07, 6.45) is 0. The van der Waals surface area contributed by atoms with Crippen LogP contribution in [0.25, 0.3) is 0 Å². The van der Waals surface area contributed by atoms with Gasteiger partial charge in [-0.1, -0.05) is 31.3 Å². The first-order chi connectivity index (χ1) is 9.70. The van der Waals surface area contributed by atoms with Gasteiger partial charge in [0.15, 0.2) is 0 Å². The highest BCUT2D eigenvalue weighted by Crippen LogP contribution is 2.17. The Morgan fingerprint density at radius 3 is 2.62 bits per heavy atom. The molecule has 1 aromatic carbocycles. The maximum Gasteiger partial charge on any atom is 0.309 e. The molecule has 0 aliphatic rings. The summed E-state index contributed by atoms with van der Waals surface area (Å²) in [5, 5.41) is 0. The predicted molar refractivity (Wildman–Crippen MR) is 83.3 cm³/mol. The van der Waals surface area contributed by atoms with Crippen LogP contribution in [-0.4, -0.2) is 44.4 Å². The third kappa shape index (κ3) is 4.23. The number of carbonyl (C=O) groups excluding carboxylic acids is 1. The number of ether oxygens (including phenoxy) is 1. The van der Waals surface area contributed by atoms with Crippen molar-refractivity contribution in [2.75, 3.05) is 20.7 Å². The monoisotopic (exact) mass is 330 g/mol. The number of hydrogen-bond acceptors (Lipinski definition) is 5. The standard InChI is InChI=1S/C13H18N2O4S2/c1-9(13(16)19-3)8-15(2)21(17,18)11-6-4-5-10(7-11)12(14)20/h4-7,9H,8H2,1-3H3,(H2,14,20). The molecule has 0 aliphatic heterocycles. The Hall–Kier alpha value is -1.51. The minimum absolute atomic E-state index is 0.0201. The lowest BCUT2D eigenvalue weighted by molar-refractivity contribution is -0.144. The maximum atomic E-state index is 12.4. The summed E-state index contributed by atoms with van der Waals surface area (Å²) < 4.78 is 30.6. The second kappa shape index (κ2) is 6.97. The number of nitrogens with two attached hydrogens (primary N) is 1. The zero-order chi connectivity index (χ0) is 16.2. The second-order valence-electron chi connectivity index (χ2n) is 4.60. The molecule has 0 bridgehead atoms. The third-order valence-corrected chi connectivity index (χ3v) is 5.02. The fourth-order valence-electron chi connectivity index (χ4n) is 1.75. The number of rotatable bonds is 6. The third-order valence-electron chi connectivity index (χ3n) is 2.96. The Balaban J connectivity index is 3.02. The molecule has 0 radical (unpaired) electrons. The van der Waals surface area contributed by atoms with Crippen LogP contribution in [0.4, 0.5) is 0 Å². The molecule has 0 saturated carbocycles. The van der Waals surface area contributed by atoms with E-state index in [2.05, 4.69) is 4.74 Å². The van der Waals surface area contributed by atoms with Crippen LogP contribution in [0.2, 0.25) is 0 Å². The van der Waals surface area contributed by atoms with Crippen LogP contribution in [0, 0.1) is 5.92 Å². The van der Waals surface area contributed by atoms with Crippen molar-refractivity contribution in [2.45, 2.75) is 11.8 Å². The molecular weight excluding hydrogens is 312 g/mol. The Morgan fingerprint density at radius 1 is 1.48 bits per heavy atom. The Bertz CT molecular complexity index is 643. The SMILES string of the molecule is COC(=O)C(C)CN(C)S(=O)(=O)c1cccc(C(N)=S)c1. The molecule has 2 N–H and O–H groups in total. The van der Waals surface area contributed by atoms with Crippen LogP contribution >= 0.6 is 12.2 Å². The number of esters is 1. The minimum atomic E-state index is -3.72. The number of sulfonamides is 1. The highest BCUT2D eigenvalue weighted by molar-refractivity contribution is 7.89. The summed E-state index contributed by atoms with van der Waals surface area (Å²) in [4.78, 5) is 11.6. The average molecular weight is 330 g/mol. The van der Waals surface area contributed by atoms with E-state index >= 15 is 0 Å². The summed E-state index contributed by atoms with van der Waals surface area (Å²) >= 11 is 4.84. The van der Waals surface area contributed by atoms with Gasteiger partial charge in [-0.2, -0.15) is 0 Å². The molecule has 0 heterocycles. The fraction of sp³-hybridized carbons (Fsp3) is 0.385. The van der Waals surface area contributed by atoms with Crippen molar-refractivity contribution >= 4 is 33.2 Å². The van der Waals surface area contributed by atoms with Crippen LogP contribution in [0.1, 0.15) is 12.5 Å². The highest BCUT2D eigenvalue weighted by Gasteiger charge is 2.25. The van der Waals surface area contributed by atoms with Crippen LogP contribution in [-0.2, 0) is 19.6 Å². The van der Waals surface area contributed by atoms with Crippen LogP contribution < -0.4 is 5.73 Å². The number of carbonyl (C=O) groups is 1. The van der Waals surface area contributed by atoms with Gasteiger partial charge < -0.3 is 10.5 Å². The zero-order valence-electron chi connectivity index (χ0n) is 12.1. The van der Waals surface area contributed by atoms with Gasteiger partial charge in [0.1, 0.15) is 4.99 Å². The van der Waals surface area contributed by atoms with Gasteiger partial charge in [0.25, 0.3) is 0 Å². The molecule has 0 amide bonds. The van der Waals surface area contributed by atoms with E-state index in [1.807, 2.05) is 0 Å². The normalized spacial score (nSPS) is 13.0. The van der Waals surface area contributed by atoms with Gasteiger partial charge in [-0.25, -0.2) is 12.7 Å². The predicted octanol–water partition coefficient (Wildman–Crippen LogP) is 0.750. The van der Waals surface area contributed by atoms with Gasteiger partial charge in [-0.3, -0.25) is 4.79 Å². The van der Waals surface area contributed by atoms with Gasteiger partial charge in [0.2, 0.25) is 10.0 Å². The maximum absolute atomic E-state index is 12.4. The molecule has 21 heavy (non-hydrogen) atoms. The molecule has 0 aromatic heterocycles. The second-order valence-corrected chi connectivity index (χ2v) is 7.09. The van der Waals surface area contributed by atoms with Gasteiger partial charge in [0, 0.05) is 19.2 Å². The lowest BCUT2D eigenvalue weighted by Crippen LogP contribution is -2.34. The highest BCUT2D eigenvalue weighted by atomic mass is 32.2. The smallest absolute Gasteiger partial charge is 0.309 e. The van der Waals surface area contributed by atoms with E-state index in [-0.39, 0.29) is 16.4 Å². The quantitative estimate of drug-likeness (QED) is 0.611. The molecule has 8 heteroatoms. The molecule has 116 valence electrons. The topological polar surface area (TPSA) is 89.7 Å². The van der Waals surface area contributed by atoms with E-state index in [0.717, 1.165) is 4.31 Å². The van der Waals surface area contributed by atoms with Crippen molar-refractivity contribution in [2.24, 2.45) is 11.7 Å². The number of hydrogen-bond donors (Lipinski definition) is 1. The first kappa shape index (κ1) is 17.5.